The van der Waals surface area contributed by atoms with Gasteiger partial charge in [-0.3, -0.25) is 9.52 Å². The summed E-state index contributed by atoms with van der Waals surface area (Å²) in [6.45, 7) is 0. The Bertz CT molecular complexity index is 1120. The van der Waals surface area contributed by atoms with Crippen molar-refractivity contribution in [2.75, 3.05) is 16.3 Å². The summed E-state index contributed by atoms with van der Waals surface area (Å²) < 4.78 is 30.6. The van der Waals surface area contributed by atoms with E-state index in [-0.39, 0.29) is 5.91 Å². The molecular formula is C20H19N3O4S. The van der Waals surface area contributed by atoms with Crippen molar-refractivity contribution >= 4 is 27.3 Å². The van der Waals surface area contributed by atoms with E-state index in [1.165, 1.54) is 0 Å². The van der Waals surface area contributed by atoms with E-state index in [1.54, 1.807) is 24.3 Å². The van der Waals surface area contributed by atoms with Crippen LogP contribution in [0.2, 0.25) is 0 Å². The Morgan fingerprint density at radius 2 is 1.75 bits per heavy atom. The van der Waals surface area contributed by atoms with E-state index in [1.807, 2.05) is 36.4 Å². The van der Waals surface area contributed by atoms with Gasteiger partial charge >= 0.3 is 0 Å². The fourth-order valence-electron chi connectivity index (χ4n) is 3.09. The van der Waals surface area contributed by atoms with Gasteiger partial charge in [-0.2, -0.15) is 0 Å². The number of nitrogens with zero attached hydrogens (tertiary/aromatic N) is 1. The number of carbonyl (C=O) groups excluding carboxylic acids is 1. The zero-order valence-corrected chi connectivity index (χ0v) is 16.0. The quantitative estimate of drug-likeness (QED) is 0.664. The van der Waals surface area contributed by atoms with E-state index in [0.29, 0.717) is 35.7 Å². The van der Waals surface area contributed by atoms with Crippen LogP contribution in [0.5, 0.6) is 0 Å². The van der Waals surface area contributed by atoms with Gasteiger partial charge < -0.3 is 9.84 Å². The number of rotatable bonds is 6. The number of hydrogen-bond acceptors (Lipinski definition) is 5. The minimum Gasteiger partial charge on any atom is -0.356 e. The number of hydrogen-bond donors (Lipinski definition) is 2. The fraction of sp³-hybridized carbons (Fsp3) is 0.200. The van der Waals surface area contributed by atoms with Crippen LogP contribution in [-0.2, 0) is 20.2 Å². The molecule has 0 unspecified atom stereocenters. The summed E-state index contributed by atoms with van der Waals surface area (Å²) in [6.07, 6.45) is 2.44. The van der Waals surface area contributed by atoms with Crippen molar-refractivity contribution in [3.05, 3.63) is 66.4 Å². The van der Waals surface area contributed by atoms with Crippen LogP contribution in [0.3, 0.4) is 0 Å². The highest BCUT2D eigenvalue weighted by molar-refractivity contribution is 7.92. The Morgan fingerprint density at radius 3 is 2.43 bits per heavy atom. The second-order valence-corrected chi connectivity index (χ2v) is 8.68. The molecule has 1 fully saturated rings. The molecular weight excluding hydrogens is 378 g/mol. The molecule has 8 heteroatoms. The topological polar surface area (TPSA) is 101 Å². The maximum atomic E-state index is 12.9. The number of aromatic nitrogens is 1. The van der Waals surface area contributed by atoms with Gasteiger partial charge in [0.1, 0.15) is 0 Å². The molecule has 3 aromatic rings. The molecule has 0 bridgehead atoms. The van der Waals surface area contributed by atoms with Crippen LogP contribution in [0.25, 0.3) is 11.3 Å². The van der Waals surface area contributed by atoms with E-state index in [2.05, 4.69) is 15.2 Å². The van der Waals surface area contributed by atoms with Gasteiger partial charge in [0.15, 0.2) is 5.76 Å². The van der Waals surface area contributed by atoms with Crippen LogP contribution in [0.15, 0.2) is 65.2 Å². The minimum atomic E-state index is -3.39. The average molecular weight is 397 g/mol. The number of carbonyl (C=O) groups is 1. The third-order valence-electron chi connectivity index (χ3n) is 4.67. The summed E-state index contributed by atoms with van der Waals surface area (Å²) in [7, 11) is -3.39. The highest BCUT2D eigenvalue weighted by Gasteiger charge is 2.53. The van der Waals surface area contributed by atoms with Crippen LogP contribution in [0.1, 0.15) is 18.5 Å². The van der Waals surface area contributed by atoms with Gasteiger partial charge in [-0.05, 0) is 31.0 Å². The second-order valence-electron chi connectivity index (χ2n) is 6.93. The molecule has 0 saturated heterocycles. The predicted octanol–water partition coefficient (Wildman–Crippen LogP) is 3.38. The van der Waals surface area contributed by atoms with E-state index in [4.69, 9.17) is 4.52 Å². The lowest BCUT2D eigenvalue weighted by molar-refractivity contribution is -0.118. The number of sulfonamides is 1. The van der Waals surface area contributed by atoms with Gasteiger partial charge in [0.05, 0.1) is 23.1 Å². The molecule has 2 aromatic carbocycles. The van der Waals surface area contributed by atoms with Crippen molar-refractivity contribution in [2.45, 2.75) is 18.3 Å². The summed E-state index contributed by atoms with van der Waals surface area (Å²) in [5.74, 6) is 0.436. The Balaban J connectivity index is 1.53. The fourth-order valence-corrected chi connectivity index (χ4v) is 3.64. The molecule has 0 radical (unpaired) electrons. The Hall–Kier alpha value is -3.13. The van der Waals surface area contributed by atoms with Crippen molar-refractivity contribution in [3.8, 4) is 11.3 Å². The second kappa shape index (κ2) is 6.79. The number of benzene rings is 2. The van der Waals surface area contributed by atoms with Crippen molar-refractivity contribution in [1.29, 1.82) is 0 Å². The smallest absolute Gasteiger partial charge is 0.236 e. The summed E-state index contributed by atoms with van der Waals surface area (Å²) in [5, 5.41) is 6.99. The van der Waals surface area contributed by atoms with Gasteiger partial charge in [0.25, 0.3) is 0 Å². The van der Waals surface area contributed by atoms with Gasteiger partial charge in [-0.15, -0.1) is 0 Å². The SMILES string of the molecule is CS(=O)(=O)Nc1cccc(NC(=O)C2(c3cc(-c4ccccc4)on3)CC2)c1. The maximum Gasteiger partial charge on any atom is 0.236 e. The van der Waals surface area contributed by atoms with Crippen molar-refractivity contribution in [3.63, 3.8) is 0 Å². The summed E-state index contributed by atoms with van der Waals surface area (Å²) in [5.41, 5.74) is 1.69. The molecule has 2 N–H and O–H groups in total. The molecule has 4 rings (SSSR count). The first-order valence-corrected chi connectivity index (χ1v) is 10.7. The molecule has 0 spiro atoms. The lowest BCUT2D eigenvalue weighted by atomic mass is 10.00. The van der Waals surface area contributed by atoms with E-state index < -0.39 is 15.4 Å². The van der Waals surface area contributed by atoms with Gasteiger partial charge in [0, 0.05) is 17.3 Å². The first-order chi connectivity index (χ1) is 13.4. The number of amides is 1. The summed E-state index contributed by atoms with van der Waals surface area (Å²) in [6, 6.07) is 18.0. The maximum absolute atomic E-state index is 12.9. The zero-order valence-electron chi connectivity index (χ0n) is 15.2. The minimum absolute atomic E-state index is 0.183. The first-order valence-electron chi connectivity index (χ1n) is 8.78. The Morgan fingerprint density at radius 1 is 1.04 bits per heavy atom. The average Bonchev–Trinajstić information content (AvgIpc) is 3.31. The normalized spacial score (nSPS) is 15.0. The summed E-state index contributed by atoms with van der Waals surface area (Å²) >= 11 is 0. The molecule has 28 heavy (non-hydrogen) atoms. The third-order valence-corrected chi connectivity index (χ3v) is 5.27. The van der Waals surface area contributed by atoms with E-state index in [0.717, 1.165) is 11.8 Å². The highest BCUT2D eigenvalue weighted by Crippen LogP contribution is 2.49. The monoisotopic (exact) mass is 397 g/mol. The molecule has 1 aliphatic carbocycles. The zero-order chi connectivity index (χ0) is 19.8. The largest absolute Gasteiger partial charge is 0.356 e. The molecule has 7 nitrogen and oxygen atoms in total. The van der Waals surface area contributed by atoms with E-state index in [9.17, 15) is 13.2 Å². The Labute approximate surface area is 162 Å². The van der Waals surface area contributed by atoms with Gasteiger partial charge in [-0.1, -0.05) is 41.6 Å². The van der Waals surface area contributed by atoms with Crippen molar-refractivity contribution in [1.82, 2.24) is 5.16 Å². The predicted molar refractivity (Wildman–Crippen MR) is 106 cm³/mol. The molecule has 1 saturated carbocycles. The molecule has 0 atom stereocenters. The Kier molecular flexibility index (Phi) is 4.43. The molecule has 144 valence electrons. The first kappa shape index (κ1) is 18.2. The molecule has 0 aliphatic heterocycles. The van der Waals surface area contributed by atoms with Crippen LogP contribution in [0.4, 0.5) is 11.4 Å². The standard InChI is InChI=1S/C20H19N3O4S/c1-28(25,26)23-16-9-5-8-15(12-16)21-19(24)20(10-11-20)18-13-17(27-22-18)14-6-3-2-4-7-14/h2-9,12-13,23H,10-11H2,1H3,(H,21,24). The number of anilines is 2. The summed E-state index contributed by atoms with van der Waals surface area (Å²) in [4.78, 5) is 12.9. The molecule has 1 aromatic heterocycles. The molecule has 1 aliphatic rings. The van der Waals surface area contributed by atoms with Crippen LogP contribution >= 0.6 is 0 Å². The number of nitrogens with one attached hydrogen (secondary N) is 2. The lowest BCUT2D eigenvalue weighted by Crippen LogP contribution is -2.28. The van der Waals surface area contributed by atoms with Crippen molar-refractivity contribution < 1.29 is 17.7 Å². The van der Waals surface area contributed by atoms with Crippen molar-refractivity contribution in [2.24, 2.45) is 0 Å². The third kappa shape index (κ3) is 3.77. The van der Waals surface area contributed by atoms with Crippen LogP contribution in [-0.4, -0.2) is 25.7 Å². The molecule has 1 heterocycles. The van der Waals surface area contributed by atoms with Crippen LogP contribution < -0.4 is 10.0 Å². The molecule has 1 amide bonds. The van der Waals surface area contributed by atoms with Crippen LogP contribution in [0, 0.1) is 0 Å². The van der Waals surface area contributed by atoms with E-state index >= 15 is 0 Å². The van der Waals surface area contributed by atoms with Gasteiger partial charge in [-0.25, -0.2) is 8.42 Å². The lowest BCUT2D eigenvalue weighted by Gasteiger charge is -2.13. The highest BCUT2D eigenvalue weighted by atomic mass is 32.2. The van der Waals surface area contributed by atoms with Gasteiger partial charge in [0.2, 0.25) is 15.9 Å².